The van der Waals surface area contributed by atoms with E-state index in [1.807, 2.05) is 13.1 Å². The normalized spacial score (nSPS) is 8.87. The number of methoxy groups -OCH3 is 1. The molecule has 1 aromatic rings. The Hall–Kier alpha value is -1.18. The monoisotopic (exact) mass is 209 g/mol. The molecule has 1 rings (SSSR count). The summed E-state index contributed by atoms with van der Waals surface area (Å²) in [7, 11) is 3.58. The summed E-state index contributed by atoms with van der Waals surface area (Å²) in [5.74, 6) is 0.898. The molecule has 0 spiro atoms. The molecule has 0 atom stereocenters. The van der Waals surface area contributed by atoms with Crippen molar-refractivity contribution >= 4 is 5.69 Å². The lowest BCUT2D eigenvalue weighted by atomic mass is 10.1. The molecule has 0 saturated carbocycles. The SMILES string of the molecule is CCC.CCc1ccc(OC)c(NC)c1. The second-order valence-corrected chi connectivity index (χ2v) is 3.35. The van der Waals surface area contributed by atoms with Crippen molar-refractivity contribution in [2.75, 3.05) is 19.5 Å². The first kappa shape index (κ1) is 13.8. The highest BCUT2D eigenvalue weighted by atomic mass is 16.5. The quantitative estimate of drug-likeness (QED) is 0.819. The van der Waals surface area contributed by atoms with Crippen LogP contribution in [0.1, 0.15) is 32.8 Å². The van der Waals surface area contributed by atoms with Gasteiger partial charge >= 0.3 is 0 Å². The Balaban J connectivity index is 0.000000583. The summed E-state index contributed by atoms with van der Waals surface area (Å²) in [5, 5.41) is 3.10. The van der Waals surface area contributed by atoms with Gasteiger partial charge in [-0.05, 0) is 24.1 Å². The average Bonchev–Trinajstić information content (AvgIpc) is 2.29. The Labute approximate surface area is 93.7 Å². The number of rotatable bonds is 3. The molecule has 0 heterocycles. The third-order valence-corrected chi connectivity index (χ3v) is 1.94. The van der Waals surface area contributed by atoms with Gasteiger partial charge in [-0.2, -0.15) is 0 Å². The number of benzene rings is 1. The van der Waals surface area contributed by atoms with E-state index in [1.54, 1.807) is 7.11 Å². The number of ether oxygens (including phenoxy) is 1. The van der Waals surface area contributed by atoms with E-state index in [2.05, 4.69) is 38.2 Å². The second-order valence-electron chi connectivity index (χ2n) is 3.35. The van der Waals surface area contributed by atoms with Crippen LogP contribution in [0.2, 0.25) is 0 Å². The molecule has 0 aliphatic rings. The van der Waals surface area contributed by atoms with E-state index in [1.165, 1.54) is 12.0 Å². The molecule has 0 fully saturated rings. The molecule has 0 unspecified atom stereocenters. The molecule has 0 radical (unpaired) electrons. The van der Waals surface area contributed by atoms with Crippen LogP contribution in [0.4, 0.5) is 5.69 Å². The van der Waals surface area contributed by atoms with E-state index in [9.17, 15) is 0 Å². The van der Waals surface area contributed by atoms with Crippen LogP contribution in [0, 0.1) is 0 Å². The molecule has 0 bridgehead atoms. The van der Waals surface area contributed by atoms with Crippen LogP contribution in [0.5, 0.6) is 5.75 Å². The van der Waals surface area contributed by atoms with Gasteiger partial charge in [-0.1, -0.05) is 33.3 Å². The van der Waals surface area contributed by atoms with Crippen molar-refractivity contribution in [3.8, 4) is 5.75 Å². The van der Waals surface area contributed by atoms with Crippen molar-refractivity contribution in [3.05, 3.63) is 23.8 Å². The van der Waals surface area contributed by atoms with Crippen LogP contribution in [-0.4, -0.2) is 14.2 Å². The minimum Gasteiger partial charge on any atom is -0.495 e. The van der Waals surface area contributed by atoms with Gasteiger partial charge in [-0.25, -0.2) is 0 Å². The third-order valence-electron chi connectivity index (χ3n) is 1.94. The summed E-state index contributed by atoms with van der Waals surface area (Å²) in [6.07, 6.45) is 2.30. The Morgan fingerprint density at radius 3 is 2.20 bits per heavy atom. The lowest BCUT2D eigenvalue weighted by molar-refractivity contribution is 0.416. The van der Waals surface area contributed by atoms with Crippen LogP contribution in [-0.2, 0) is 6.42 Å². The number of aryl methyl sites for hydroxylation is 1. The van der Waals surface area contributed by atoms with Crippen molar-refractivity contribution in [2.45, 2.75) is 33.6 Å². The summed E-state index contributed by atoms with van der Waals surface area (Å²) >= 11 is 0. The molecule has 0 saturated heterocycles. The van der Waals surface area contributed by atoms with Gasteiger partial charge in [0.05, 0.1) is 12.8 Å². The lowest BCUT2D eigenvalue weighted by Crippen LogP contribution is -1.94. The van der Waals surface area contributed by atoms with Crippen LogP contribution in [0.15, 0.2) is 18.2 Å². The van der Waals surface area contributed by atoms with E-state index < -0.39 is 0 Å². The Morgan fingerprint density at radius 1 is 1.20 bits per heavy atom. The van der Waals surface area contributed by atoms with Crippen molar-refractivity contribution in [2.24, 2.45) is 0 Å². The van der Waals surface area contributed by atoms with Crippen molar-refractivity contribution < 1.29 is 4.74 Å². The standard InChI is InChI=1S/C10H15NO.C3H8/c1-4-8-5-6-10(12-3)9(7-8)11-2;1-3-2/h5-7,11H,4H2,1-3H3;3H2,1-2H3. The topological polar surface area (TPSA) is 21.3 Å². The van der Waals surface area contributed by atoms with Crippen LogP contribution in [0.3, 0.4) is 0 Å². The molecule has 86 valence electrons. The summed E-state index contributed by atoms with van der Waals surface area (Å²) < 4.78 is 5.17. The lowest BCUT2D eigenvalue weighted by Gasteiger charge is -2.08. The zero-order valence-corrected chi connectivity index (χ0v) is 10.6. The van der Waals surface area contributed by atoms with E-state index in [0.717, 1.165) is 17.9 Å². The average molecular weight is 209 g/mol. The van der Waals surface area contributed by atoms with Gasteiger partial charge in [0.25, 0.3) is 0 Å². The molecule has 0 aliphatic carbocycles. The van der Waals surface area contributed by atoms with Gasteiger partial charge in [0, 0.05) is 7.05 Å². The molecule has 0 aliphatic heterocycles. The molecule has 1 N–H and O–H groups in total. The minimum atomic E-state index is 0.898. The van der Waals surface area contributed by atoms with Crippen LogP contribution < -0.4 is 10.1 Å². The number of hydrogen-bond donors (Lipinski definition) is 1. The second kappa shape index (κ2) is 8.16. The summed E-state index contributed by atoms with van der Waals surface area (Å²) in [4.78, 5) is 0. The first-order valence-electron chi connectivity index (χ1n) is 5.58. The van der Waals surface area contributed by atoms with Gasteiger partial charge in [0.15, 0.2) is 0 Å². The maximum Gasteiger partial charge on any atom is 0.141 e. The van der Waals surface area contributed by atoms with E-state index in [-0.39, 0.29) is 0 Å². The fourth-order valence-corrected chi connectivity index (χ4v) is 1.17. The number of hydrogen-bond acceptors (Lipinski definition) is 2. The highest BCUT2D eigenvalue weighted by Crippen LogP contribution is 2.24. The van der Waals surface area contributed by atoms with Crippen LogP contribution in [0.25, 0.3) is 0 Å². The van der Waals surface area contributed by atoms with Crippen molar-refractivity contribution in [1.82, 2.24) is 0 Å². The molecular weight excluding hydrogens is 186 g/mol. The van der Waals surface area contributed by atoms with E-state index in [4.69, 9.17) is 4.74 Å². The first-order chi connectivity index (χ1) is 7.23. The van der Waals surface area contributed by atoms with E-state index in [0.29, 0.717) is 0 Å². The fraction of sp³-hybridized carbons (Fsp3) is 0.538. The molecular formula is C13H23NO. The Morgan fingerprint density at radius 2 is 1.80 bits per heavy atom. The summed E-state index contributed by atoms with van der Waals surface area (Å²) in [6, 6.07) is 6.18. The van der Waals surface area contributed by atoms with Gasteiger partial charge in [-0.3, -0.25) is 0 Å². The molecule has 2 nitrogen and oxygen atoms in total. The molecule has 0 aromatic heterocycles. The zero-order chi connectivity index (χ0) is 11.7. The molecule has 15 heavy (non-hydrogen) atoms. The van der Waals surface area contributed by atoms with Gasteiger partial charge in [0.2, 0.25) is 0 Å². The molecule has 2 heteroatoms. The molecule has 1 aromatic carbocycles. The highest BCUT2D eigenvalue weighted by Gasteiger charge is 2.00. The molecule has 0 amide bonds. The largest absolute Gasteiger partial charge is 0.495 e. The van der Waals surface area contributed by atoms with Gasteiger partial charge in [-0.15, -0.1) is 0 Å². The summed E-state index contributed by atoms with van der Waals surface area (Å²) in [5.41, 5.74) is 2.37. The Kier molecular flexibility index (Phi) is 7.51. The third kappa shape index (κ3) is 4.73. The van der Waals surface area contributed by atoms with Gasteiger partial charge < -0.3 is 10.1 Å². The number of anilines is 1. The summed E-state index contributed by atoms with van der Waals surface area (Å²) in [6.45, 7) is 6.39. The minimum absolute atomic E-state index is 0.898. The first-order valence-corrected chi connectivity index (χ1v) is 5.58. The maximum atomic E-state index is 5.17. The Bertz CT molecular complexity index is 271. The smallest absolute Gasteiger partial charge is 0.141 e. The van der Waals surface area contributed by atoms with Crippen LogP contribution >= 0.6 is 0 Å². The van der Waals surface area contributed by atoms with Crippen molar-refractivity contribution in [3.63, 3.8) is 0 Å². The van der Waals surface area contributed by atoms with Crippen molar-refractivity contribution in [1.29, 1.82) is 0 Å². The zero-order valence-electron chi connectivity index (χ0n) is 10.6. The fourth-order valence-electron chi connectivity index (χ4n) is 1.17. The predicted molar refractivity (Wildman–Crippen MR) is 67.9 cm³/mol. The predicted octanol–water partition coefficient (Wildman–Crippen LogP) is 3.72. The van der Waals surface area contributed by atoms with Gasteiger partial charge in [0.1, 0.15) is 5.75 Å². The highest BCUT2D eigenvalue weighted by molar-refractivity contribution is 5.57. The van der Waals surface area contributed by atoms with E-state index >= 15 is 0 Å². The number of nitrogens with one attached hydrogen (secondary N) is 1. The maximum absolute atomic E-state index is 5.17.